The zero-order valence-electron chi connectivity index (χ0n) is 42.4. The van der Waals surface area contributed by atoms with Crippen molar-refractivity contribution in [2.24, 2.45) is 0 Å². The van der Waals surface area contributed by atoms with Crippen molar-refractivity contribution < 1.29 is 22.3 Å². The zero-order valence-corrected chi connectivity index (χ0v) is 44.7. The number of aromatic nitrogens is 6. The molecule has 0 radical (unpaired) electrons. The second-order valence-electron chi connectivity index (χ2n) is 19.0. The quantitative estimate of drug-likeness (QED) is 0.0903. The van der Waals surface area contributed by atoms with E-state index in [4.69, 9.17) is 33.4 Å². The maximum absolute atomic E-state index is 15.8. The average molecular weight is 1100 g/mol. The van der Waals surface area contributed by atoms with E-state index in [-0.39, 0.29) is 16.3 Å². The number of rotatable bonds is 13. The summed E-state index contributed by atoms with van der Waals surface area (Å²) in [5.74, 6) is -1.55. The van der Waals surface area contributed by atoms with Gasteiger partial charge in [-0.15, -0.1) is 0 Å². The van der Waals surface area contributed by atoms with Crippen molar-refractivity contribution in [1.82, 2.24) is 29.5 Å². The Bertz CT molecular complexity index is 4040. The molecule has 0 bridgehead atoms. The number of hydrogen-bond donors (Lipinski definition) is 1. The second-order valence-corrected chi connectivity index (χ2v) is 21.9. The van der Waals surface area contributed by atoms with Crippen molar-refractivity contribution in [3.05, 3.63) is 309 Å². The third-order valence-electron chi connectivity index (χ3n) is 14.1. The molecule has 0 saturated heterocycles. The van der Waals surface area contributed by atoms with Crippen LogP contribution in [0.25, 0.3) is 44.3 Å². The van der Waals surface area contributed by atoms with Crippen molar-refractivity contribution in [2.75, 3.05) is 6.26 Å². The third-order valence-corrected chi connectivity index (χ3v) is 15.3. The molecule has 4 heterocycles. The Morgan fingerprint density at radius 3 is 1.05 bits per heavy atom. The smallest absolute Gasteiger partial charge is 0.151 e. The van der Waals surface area contributed by atoms with Crippen molar-refractivity contribution in [3.63, 3.8) is 0 Å². The minimum atomic E-state index is -3.50. The van der Waals surface area contributed by atoms with Gasteiger partial charge in [0.15, 0.2) is 9.84 Å². The molecule has 0 saturated carbocycles. The van der Waals surface area contributed by atoms with Crippen LogP contribution in [-0.2, 0) is 33.3 Å². The molecular formula is C65H48Cl2F2N6O3S. The number of benzene rings is 8. The van der Waals surface area contributed by atoms with Gasteiger partial charge in [-0.3, -0.25) is 0 Å². The molecule has 1 N–H and O–H groups in total. The standard InChI is InChI=1S/C33H25ClFN3O2S.C32H23ClFN3O/c1-41(39,40)22-24-19-28-30(21-29(24)35)38(37-32(28)23-17-18-36-31(34)20-23)33(25-11-5-2-6-12-25,26-13-7-3-8-14-26)27-15-9-4-10-16-27;33-30-19-22(16-17-35-30)31-27-18-23(21-38)28(34)20-29(27)37(36-31)32(24-10-4-1-5-11-24,25-12-6-2-7-13-25)26-14-8-3-9-15-26/h2-21H,22H2,1H3;1-20,38H,21H2. The topological polar surface area (TPSA) is 116 Å². The molecule has 9 nitrogen and oxygen atoms in total. The van der Waals surface area contributed by atoms with Crippen LogP contribution in [0.3, 0.4) is 0 Å². The maximum atomic E-state index is 15.8. The Morgan fingerprint density at radius 1 is 0.456 bits per heavy atom. The highest BCUT2D eigenvalue weighted by Crippen LogP contribution is 2.47. The van der Waals surface area contributed by atoms with Crippen LogP contribution in [0.4, 0.5) is 8.78 Å². The minimum absolute atomic E-state index is 0.0747. The highest BCUT2D eigenvalue weighted by atomic mass is 35.5. The van der Waals surface area contributed by atoms with Crippen LogP contribution in [0.1, 0.15) is 44.5 Å². The molecule has 390 valence electrons. The predicted octanol–water partition coefficient (Wildman–Crippen LogP) is 14.5. The summed E-state index contributed by atoms with van der Waals surface area (Å²) < 4.78 is 59.2. The molecule has 0 spiro atoms. The lowest BCUT2D eigenvalue weighted by molar-refractivity contribution is 0.276. The van der Waals surface area contributed by atoms with Crippen molar-refractivity contribution >= 4 is 54.8 Å². The molecule has 0 fully saturated rings. The number of pyridine rings is 2. The number of aliphatic hydroxyl groups is 1. The van der Waals surface area contributed by atoms with Crippen LogP contribution < -0.4 is 0 Å². The highest BCUT2D eigenvalue weighted by molar-refractivity contribution is 7.89. The zero-order chi connectivity index (χ0) is 54.7. The fraction of sp³-hybridized carbons (Fsp3) is 0.0769. The summed E-state index contributed by atoms with van der Waals surface area (Å²) in [5, 5.41) is 22.2. The molecule has 12 rings (SSSR count). The SMILES string of the molecule is CS(=O)(=O)Cc1cc2c(-c3ccnc(Cl)c3)nn(C(c3ccccc3)(c3ccccc3)c3ccccc3)c2cc1F.OCc1cc2c(-c3ccnc(Cl)c3)nn(C(c3ccccc3)(c3ccccc3)c3ccccc3)c2cc1F. The molecule has 14 heteroatoms. The van der Waals surface area contributed by atoms with Gasteiger partial charge in [-0.05, 0) is 69.8 Å². The largest absolute Gasteiger partial charge is 0.392 e. The molecule has 4 aromatic heterocycles. The third kappa shape index (κ3) is 9.89. The Morgan fingerprint density at radius 2 is 0.759 bits per heavy atom. The maximum Gasteiger partial charge on any atom is 0.151 e. The Labute approximate surface area is 465 Å². The van der Waals surface area contributed by atoms with Crippen LogP contribution >= 0.6 is 23.2 Å². The molecule has 0 amide bonds. The van der Waals surface area contributed by atoms with Gasteiger partial charge in [-0.1, -0.05) is 205 Å². The van der Waals surface area contributed by atoms with E-state index in [0.717, 1.165) is 45.2 Å². The Kier molecular flexibility index (Phi) is 14.6. The molecule has 12 aromatic rings. The van der Waals surface area contributed by atoms with E-state index in [1.807, 2.05) is 161 Å². The molecule has 0 atom stereocenters. The first-order valence-electron chi connectivity index (χ1n) is 25.2. The van der Waals surface area contributed by atoms with Crippen molar-refractivity contribution in [3.8, 4) is 22.5 Å². The lowest BCUT2D eigenvalue weighted by Gasteiger charge is -2.37. The van der Waals surface area contributed by atoms with E-state index < -0.39 is 44.9 Å². The van der Waals surface area contributed by atoms with E-state index >= 15 is 8.78 Å². The van der Waals surface area contributed by atoms with Gasteiger partial charge in [0.1, 0.15) is 44.4 Å². The lowest BCUT2D eigenvalue weighted by Crippen LogP contribution is -2.38. The average Bonchev–Trinajstić information content (AvgIpc) is 4.14. The second kappa shape index (κ2) is 22.0. The number of aliphatic hydroxyl groups excluding tert-OH is 1. The summed E-state index contributed by atoms with van der Waals surface area (Å²) in [6.45, 7) is -0.426. The number of hydrogen-bond acceptors (Lipinski definition) is 7. The van der Waals surface area contributed by atoms with Crippen LogP contribution in [0.5, 0.6) is 0 Å². The van der Waals surface area contributed by atoms with Gasteiger partial charge in [0.25, 0.3) is 0 Å². The first kappa shape index (κ1) is 52.4. The minimum Gasteiger partial charge on any atom is -0.392 e. The molecule has 8 aromatic carbocycles. The molecule has 0 aliphatic heterocycles. The molecule has 0 aliphatic carbocycles. The monoisotopic (exact) mass is 1100 g/mol. The summed E-state index contributed by atoms with van der Waals surface area (Å²) in [6, 6.07) is 73.3. The van der Waals surface area contributed by atoms with E-state index in [1.165, 1.54) is 12.1 Å². The van der Waals surface area contributed by atoms with Gasteiger partial charge < -0.3 is 5.11 Å². The van der Waals surface area contributed by atoms with Crippen LogP contribution in [0.15, 0.2) is 243 Å². The lowest BCUT2D eigenvalue weighted by atomic mass is 9.77. The van der Waals surface area contributed by atoms with E-state index in [9.17, 15) is 13.5 Å². The number of halogens is 4. The van der Waals surface area contributed by atoms with Gasteiger partial charge in [0, 0.05) is 63.8 Å². The molecule has 79 heavy (non-hydrogen) atoms. The summed E-state index contributed by atoms with van der Waals surface area (Å²) in [6.07, 6.45) is 4.30. The molecular weight excluding hydrogens is 1050 g/mol. The van der Waals surface area contributed by atoms with E-state index in [1.54, 1.807) is 42.7 Å². The van der Waals surface area contributed by atoms with Gasteiger partial charge in [-0.2, -0.15) is 10.2 Å². The normalized spacial score (nSPS) is 11.9. The van der Waals surface area contributed by atoms with Gasteiger partial charge in [-0.25, -0.2) is 36.5 Å². The van der Waals surface area contributed by atoms with E-state index in [0.29, 0.717) is 43.9 Å². The van der Waals surface area contributed by atoms with Crippen LogP contribution in [-0.4, -0.2) is 49.3 Å². The van der Waals surface area contributed by atoms with Gasteiger partial charge in [0.05, 0.1) is 23.4 Å². The highest BCUT2D eigenvalue weighted by Gasteiger charge is 2.43. The van der Waals surface area contributed by atoms with Crippen molar-refractivity contribution in [1.29, 1.82) is 0 Å². The van der Waals surface area contributed by atoms with Gasteiger partial charge in [0.2, 0.25) is 0 Å². The fourth-order valence-corrected chi connectivity index (χ4v) is 11.9. The van der Waals surface area contributed by atoms with Crippen LogP contribution in [0.2, 0.25) is 10.3 Å². The van der Waals surface area contributed by atoms with Gasteiger partial charge >= 0.3 is 0 Å². The summed E-state index contributed by atoms with van der Waals surface area (Å²) in [5.41, 5.74) is 7.62. The molecule has 0 unspecified atom stereocenters. The Hall–Kier alpha value is -8.65. The molecule has 0 aliphatic rings. The first-order valence-corrected chi connectivity index (χ1v) is 28.0. The first-order chi connectivity index (χ1) is 38.4. The number of fused-ring (bicyclic) bond motifs is 2. The number of nitrogens with zero attached hydrogens (tertiary/aromatic N) is 6. The summed E-state index contributed by atoms with van der Waals surface area (Å²) >= 11 is 12.6. The van der Waals surface area contributed by atoms with Crippen LogP contribution in [0, 0.1) is 11.6 Å². The van der Waals surface area contributed by atoms with E-state index in [2.05, 4.69) is 46.4 Å². The Balaban J connectivity index is 0.000000168. The number of sulfone groups is 1. The summed E-state index contributed by atoms with van der Waals surface area (Å²) in [4.78, 5) is 8.24. The summed E-state index contributed by atoms with van der Waals surface area (Å²) in [7, 11) is -3.50. The fourth-order valence-electron chi connectivity index (χ4n) is 10.7. The predicted molar refractivity (Wildman–Crippen MR) is 310 cm³/mol. The van der Waals surface area contributed by atoms with Crippen molar-refractivity contribution in [2.45, 2.75) is 23.4 Å².